The van der Waals surface area contributed by atoms with Gasteiger partial charge < -0.3 is 23.7 Å². The Kier molecular flexibility index (Phi) is 7.92. The molecule has 0 N–H and O–H groups in total. The summed E-state index contributed by atoms with van der Waals surface area (Å²) in [6.07, 6.45) is -1.74. The van der Waals surface area contributed by atoms with E-state index in [1.165, 1.54) is 23.8 Å². The Morgan fingerprint density at radius 2 is 1.85 bits per heavy atom. The number of aliphatic imine (C=N–C) groups is 1. The lowest BCUT2D eigenvalue weighted by Gasteiger charge is -2.40. The van der Waals surface area contributed by atoms with Crippen LogP contribution in [0.4, 0.5) is 4.79 Å². The number of methoxy groups -OCH3 is 2. The summed E-state index contributed by atoms with van der Waals surface area (Å²) in [6, 6.07) is 7.18. The summed E-state index contributed by atoms with van der Waals surface area (Å²) in [5, 5.41) is 0.454. The molecule has 2 aliphatic heterocycles. The number of carbonyl (C=O) groups excluding carboxylic acids is 2. The zero-order valence-electron chi connectivity index (χ0n) is 20.1. The molecule has 10 heteroatoms. The van der Waals surface area contributed by atoms with Crippen LogP contribution >= 0.6 is 11.8 Å². The fourth-order valence-corrected chi connectivity index (χ4v) is 4.76. The van der Waals surface area contributed by atoms with E-state index in [2.05, 4.69) is 0 Å². The third-order valence-corrected chi connectivity index (χ3v) is 6.57. The van der Waals surface area contributed by atoms with Gasteiger partial charge in [-0.2, -0.15) is 0 Å². The molecule has 1 amide bonds. The molecule has 2 heterocycles. The molecule has 0 unspecified atom stereocenters. The Hall–Kier alpha value is -2.30. The summed E-state index contributed by atoms with van der Waals surface area (Å²) < 4.78 is 27.9. The van der Waals surface area contributed by atoms with E-state index in [1.807, 2.05) is 31.2 Å². The zero-order valence-corrected chi connectivity index (χ0v) is 20.9. The first-order valence-electron chi connectivity index (χ1n) is 10.7. The second-order valence-corrected chi connectivity index (χ2v) is 10.1. The largest absolute Gasteiger partial charge is 0.497 e. The Bertz CT molecular complexity index is 884. The summed E-state index contributed by atoms with van der Waals surface area (Å²) in [5.74, 6) is -0.0170. The van der Waals surface area contributed by atoms with Crippen molar-refractivity contribution >= 4 is 29.0 Å². The van der Waals surface area contributed by atoms with Crippen molar-refractivity contribution in [3.8, 4) is 5.75 Å². The van der Waals surface area contributed by atoms with Crippen LogP contribution in [-0.4, -0.2) is 72.7 Å². The molecule has 1 fully saturated rings. The smallest absolute Gasteiger partial charge is 0.416 e. The van der Waals surface area contributed by atoms with Crippen LogP contribution in [0.3, 0.4) is 0 Å². The second-order valence-electron chi connectivity index (χ2n) is 8.99. The van der Waals surface area contributed by atoms with E-state index in [0.29, 0.717) is 11.8 Å². The van der Waals surface area contributed by atoms with Crippen molar-refractivity contribution in [2.75, 3.05) is 21.3 Å². The number of amides is 1. The van der Waals surface area contributed by atoms with Crippen molar-refractivity contribution < 1.29 is 33.3 Å². The number of nitrogens with zero attached hydrogens (tertiary/aromatic N) is 2. The normalized spacial score (nSPS) is 26.8. The van der Waals surface area contributed by atoms with Gasteiger partial charge in [0.2, 0.25) is 0 Å². The van der Waals surface area contributed by atoms with Crippen molar-refractivity contribution in [1.82, 2.24) is 4.90 Å². The molecule has 1 saturated heterocycles. The maximum atomic E-state index is 12.5. The molecule has 9 nitrogen and oxygen atoms in total. The monoisotopic (exact) mass is 480 g/mol. The van der Waals surface area contributed by atoms with E-state index in [9.17, 15) is 9.59 Å². The van der Waals surface area contributed by atoms with E-state index in [0.717, 1.165) is 11.3 Å². The maximum absolute atomic E-state index is 12.5. The van der Waals surface area contributed by atoms with E-state index in [-0.39, 0.29) is 5.92 Å². The third kappa shape index (κ3) is 5.99. The zero-order chi connectivity index (χ0) is 24.3. The van der Waals surface area contributed by atoms with Gasteiger partial charge in [0.15, 0.2) is 11.3 Å². The number of benzene rings is 1. The van der Waals surface area contributed by atoms with Gasteiger partial charge in [-0.05, 0) is 38.5 Å². The number of ether oxygens (including phenoxy) is 5. The first-order valence-corrected chi connectivity index (χ1v) is 11.6. The molecule has 2 aliphatic rings. The number of amidine groups is 1. The summed E-state index contributed by atoms with van der Waals surface area (Å²) in [6.45, 7) is 7.62. The van der Waals surface area contributed by atoms with Gasteiger partial charge in [-0.25, -0.2) is 9.59 Å². The highest BCUT2D eigenvalue weighted by atomic mass is 32.2. The van der Waals surface area contributed by atoms with Crippen molar-refractivity contribution in [2.24, 2.45) is 10.9 Å². The fraction of sp³-hybridized carbons (Fsp3) is 0.609. The van der Waals surface area contributed by atoms with Crippen LogP contribution in [0.15, 0.2) is 29.3 Å². The van der Waals surface area contributed by atoms with Crippen molar-refractivity contribution in [1.29, 1.82) is 0 Å². The van der Waals surface area contributed by atoms with Gasteiger partial charge >= 0.3 is 12.1 Å². The van der Waals surface area contributed by atoms with Gasteiger partial charge in [-0.1, -0.05) is 30.8 Å². The lowest BCUT2D eigenvalue weighted by molar-refractivity contribution is -0.179. The van der Waals surface area contributed by atoms with Gasteiger partial charge in [0, 0.05) is 13.0 Å². The average Bonchev–Trinajstić information content (AvgIpc) is 3.20. The third-order valence-electron chi connectivity index (χ3n) is 5.36. The first kappa shape index (κ1) is 25.3. The Morgan fingerprint density at radius 1 is 1.18 bits per heavy atom. The quantitative estimate of drug-likeness (QED) is 0.592. The molecule has 3 rings (SSSR count). The van der Waals surface area contributed by atoms with E-state index in [4.69, 9.17) is 28.7 Å². The minimum absolute atomic E-state index is 0.313. The number of hydrogen-bond acceptors (Lipinski definition) is 9. The summed E-state index contributed by atoms with van der Waals surface area (Å²) in [7, 11) is 4.55. The van der Waals surface area contributed by atoms with Gasteiger partial charge in [-0.15, -0.1) is 0 Å². The molecule has 0 spiro atoms. The van der Waals surface area contributed by atoms with Gasteiger partial charge in [0.1, 0.15) is 22.8 Å². The SMILES string of the molecule is COC(=O)[C@H]1O[C@@H]2SC(N(C)C(=O)OC(C)(C)C)=N[C@@H]2[C@@H](OCc2ccc(OC)cc2)[C@@H]1C. The van der Waals surface area contributed by atoms with Gasteiger partial charge in [-0.3, -0.25) is 9.89 Å². The van der Waals surface area contributed by atoms with Crippen molar-refractivity contribution in [2.45, 2.75) is 63.6 Å². The lowest BCUT2D eigenvalue weighted by atomic mass is 9.90. The Labute approximate surface area is 198 Å². The van der Waals surface area contributed by atoms with Crippen LogP contribution < -0.4 is 4.74 Å². The molecule has 5 atom stereocenters. The highest BCUT2D eigenvalue weighted by molar-refractivity contribution is 8.14. The topological polar surface area (TPSA) is 95.9 Å². The highest BCUT2D eigenvalue weighted by Crippen LogP contribution is 2.41. The number of esters is 1. The molecule has 1 aromatic rings. The Balaban J connectivity index is 1.79. The van der Waals surface area contributed by atoms with E-state index >= 15 is 0 Å². The van der Waals surface area contributed by atoms with Crippen molar-refractivity contribution in [3.63, 3.8) is 0 Å². The van der Waals surface area contributed by atoms with E-state index < -0.39 is 41.3 Å². The average molecular weight is 481 g/mol. The second kappa shape index (κ2) is 10.3. The van der Waals surface area contributed by atoms with Crippen LogP contribution in [0, 0.1) is 5.92 Å². The van der Waals surface area contributed by atoms with Crippen molar-refractivity contribution in [3.05, 3.63) is 29.8 Å². The molecule has 0 aliphatic carbocycles. The summed E-state index contributed by atoms with van der Waals surface area (Å²) >= 11 is 1.27. The number of hydrogen-bond donors (Lipinski definition) is 0. The molecule has 0 aromatic heterocycles. The molecular weight excluding hydrogens is 448 g/mol. The van der Waals surface area contributed by atoms with Crippen LogP contribution in [0.2, 0.25) is 0 Å². The fourth-order valence-electron chi connectivity index (χ4n) is 3.61. The van der Waals surface area contributed by atoms with Gasteiger partial charge in [0.05, 0.1) is 26.9 Å². The molecule has 182 valence electrons. The first-order chi connectivity index (χ1) is 15.5. The highest BCUT2D eigenvalue weighted by Gasteiger charge is 2.51. The lowest BCUT2D eigenvalue weighted by Crippen LogP contribution is -2.54. The minimum atomic E-state index is -0.800. The molecule has 1 aromatic carbocycles. The predicted molar refractivity (Wildman–Crippen MR) is 124 cm³/mol. The summed E-state index contributed by atoms with van der Waals surface area (Å²) in [4.78, 5) is 31.0. The van der Waals surface area contributed by atoms with Crippen LogP contribution in [-0.2, 0) is 30.3 Å². The van der Waals surface area contributed by atoms with E-state index in [1.54, 1.807) is 34.9 Å². The predicted octanol–water partition coefficient (Wildman–Crippen LogP) is 3.45. The standard InChI is InChI=1S/C23H32N2O7S/c1-13-17(30-12-14-8-10-15(28-6)11-9-14)16-20(31-18(13)19(26)29-7)33-21(24-16)25(5)22(27)32-23(2,3)4/h8-11,13,16-18,20H,12H2,1-7H3/t13-,16+,17-,18-,20+/m0/s1. The maximum Gasteiger partial charge on any atom is 0.416 e. The number of fused-ring (bicyclic) bond motifs is 1. The number of rotatable bonds is 5. The van der Waals surface area contributed by atoms with Crippen LogP contribution in [0.5, 0.6) is 5.75 Å². The van der Waals surface area contributed by atoms with Crippen LogP contribution in [0.1, 0.15) is 33.3 Å². The summed E-state index contributed by atoms with van der Waals surface area (Å²) in [5.41, 5.74) is -0.167. The molecule has 33 heavy (non-hydrogen) atoms. The number of thioether (sulfide) groups is 1. The Morgan fingerprint density at radius 3 is 2.42 bits per heavy atom. The molecule has 0 radical (unpaired) electrons. The van der Waals surface area contributed by atoms with Gasteiger partial charge in [0.25, 0.3) is 0 Å². The minimum Gasteiger partial charge on any atom is -0.497 e. The molecule has 0 bridgehead atoms. The molecular formula is C23H32N2O7S. The number of carbonyl (C=O) groups is 2. The van der Waals surface area contributed by atoms with Crippen LogP contribution in [0.25, 0.3) is 0 Å². The molecule has 0 saturated carbocycles.